The summed E-state index contributed by atoms with van der Waals surface area (Å²) in [6, 6.07) is 14.5. The number of ether oxygens (including phenoxy) is 1. The first kappa shape index (κ1) is 29.5. The quantitative estimate of drug-likeness (QED) is 0.341. The van der Waals surface area contributed by atoms with Crippen LogP contribution in [0.3, 0.4) is 0 Å². The minimum atomic E-state index is -4.00. The molecule has 1 amide bonds. The Labute approximate surface area is 240 Å². The second kappa shape index (κ2) is 12.1. The molecule has 1 atom stereocenters. The van der Waals surface area contributed by atoms with Crippen LogP contribution < -0.4 is 4.72 Å². The highest BCUT2D eigenvalue weighted by Crippen LogP contribution is 2.40. The average molecular weight is 593 g/mol. The summed E-state index contributed by atoms with van der Waals surface area (Å²) < 4.78 is 61.8. The molecule has 2 heterocycles. The van der Waals surface area contributed by atoms with Crippen LogP contribution in [-0.4, -0.2) is 61.1 Å². The molecule has 0 aromatic heterocycles. The monoisotopic (exact) mass is 592 g/mol. The number of halogens is 2. The van der Waals surface area contributed by atoms with Gasteiger partial charge in [-0.3, -0.25) is 9.52 Å². The number of nitrogens with one attached hydrogen (secondary N) is 1. The third-order valence-corrected chi connectivity index (χ3v) is 11.8. The molecule has 1 N–H and O–H groups in total. The van der Waals surface area contributed by atoms with Crippen LogP contribution in [0.1, 0.15) is 63.9 Å². The van der Waals surface area contributed by atoms with E-state index in [4.69, 9.17) is 4.74 Å². The lowest BCUT2D eigenvalue weighted by Gasteiger charge is -2.40. The molecule has 2 saturated heterocycles. The lowest BCUT2D eigenvalue weighted by atomic mass is 9.95. The molecule has 6 nitrogen and oxygen atoms in total. The first-order chi connectivity index (χ1) is 19.1. The van der Waals surface area contributed by atoms with Gasteiger partial charge < -0.3 is 9.64 Å². The minimum Gasteiger partial charge on any atom is -0.366 e. The third kappa shape index (κ3) is 6.72. The Morgan fingerprint density at radius 2 is 1.65 bits per heavy atom. The Balaban J connectivity index is 1.33. The number of nitrogens with zero attached hydrogens (tertiary/aromatic N) is 1. The summed E-state index contributed by atoms with van der Waals surface area (Å²) in [5.41, 5.74) is 2.35. The van der Waals surface area contributed by atoms with Crippen LogP contribution in [0.2, 0.25) is 0 Å². The number of carbonyl (C=O) groups is 1. The zero-order valence-electron chi connectivity index (χ0n) is 22.9. The van der Waals surface area contributed by atoms with E-state index in [9.17, 15) is 22.0 Å². The van der Waals surface area contributed by atoms with Gasteiger partial charge in [0.25, 0.3) is 5.91 Å². The van der Waals surface area contributed by atoms with Crippen molar-refractivity contribution in [3.63, 3.8) is 0 Å². The molecule has 1 unspecified atom stereocenters. The summed E-state index contributed by atoms with van der Waals surface area (Å²) in [6.45, 7) is 2.73. The van der Waals surface area contributed by atoms with Gasteiger partial charge in [-0.2, -0.15) is 0 Å². The summed E-state index contributed by atoms with van der Waals surface area (Å²) in [5, 5.41) is 0. The van der Waals surface area contributed by atoms with Crippen molar-refractivity contribution in [2.75, 3.05) is 19.7 Å². The van der Waals surface area contributed by atoms with E-state index >= 15 is 0 Å². The van der Waals surface area contributed by atoms with E-state index in [1.165, 1.54) is 11.9 Å². The third-order valence-electron chi connectivity index (χ3n) is 8.32. The number of piperidine rings is 1. The van der Waals surface area contributed by atoms with Crippen LogP contribution >= 0.6 is 11.9 Å². The van der Waals surface area contributed by atoms with Gasteiger partial charge in [0.1, 0.15) is 5.44 Å². The van der Waals surface area contributed by atoms with E-state index in [2.05, 4.69) is 9.62 Å². The van der Waals surface area contributed by atoms with E-state index < -0.39 is 26.4 Å². The van der Waals surface area contributed by atoms with Crippen LogP contribution in [0.4, 0.5) is 8.78 Å². The number of likely N-dealkylation sites (tertiary alicyclic amines) is 1. The Hall–Kier alpha value is -2.01. The van der Waals surface area contributed by atoms with Crippen molar-refractivity contribution < 1.29 is 26.7 Å². The second-order valence-electron chi connectivity index (χ2n) is 11.4. The molecule has 5 rings (SSSR count). The number of aryl methyl sites for hydroxylation is 1. The minimum absolute atomic E-state index is 0.131. The topological polar surface area (TPSA) is 75.7 Å². The highest BCUT2D eigenvalue weighted by Gasteiger charge is 2.54. The number of benzene rings is 2. The fourth-order valence-corrected chi connectivity index (χ4v) is 8.51. The van der Waals surface area contributed by atoms with Gasteiger partial charge in [0, 0.05) is 32.2 Å². The van der Waals surface area contributed by atoms with E-state index in [0.717, 1.165) is 55.7 Å². The molecule has 40 heavy (non-hydrogen) atoms. The highest BCUT2D eigenvalue weighted by atomic mass is 32.2. The van der Waals surface area contributed by atoms with Gasteiger partial charge >= 0.3 is 0 Å². The molecule has 0 spiro atoms. The molecule has 1 saturated carbocycles. The maximum atomic E-state index is 14.2. The SMILES string of the molecule is CC(F)(F)CCc1ccc(-c2ccc(S(=O)(=O)C3(C(=O)NSC4CCCCO4)CCN(C4CC4)CC3)cc2)cc1. The van der Waals surface area contributed by atoms with Crippen LogP contribution in [0.15, 0.2) is 53.4 Å². The molecule has 2 aromatic rings. The standard InChI is InChI=1S/C30H38F2N2O4S2/c1-29(31,32)16-15-22-5-7-23(8-6-22)24-9-13-26(14-10-24)40(36,37)30(17-19-34(20-18-30)25-11-12-25)28(35)33-39-27-4-2-3-21-38-27/h5-10,13-14,25,27H,2-4,11-12,15-21H2,1H3,(H,33,35). The summed E-state index contributed by atoms with van der Waals surface area (Å²) in [4.78, 5) is 16.1. The zero-order chi connectivity index (χ0) is 28.4. The van der Waals surface area contributed by atoms with Crippen LogP contribution in [-0.2, 0) is 25.8 Å². The number of hydrogen-bond donors (Lipinski definition) is 1. The second-order valence-corrected chi connectivity index (χ2v) is 14.6. The molecule has 3 aliphatic rings. The highest BCUT2D eigenvalue weighted by molar-refractivity contribution is 7.98. The van der Waals surface area contributed by atoms with Crippen LogP contribution in [0.5, 0.6) is 0 Å². The maximum absolute atomic E-state index is 14.2. The molecule has 2 aliphatic heterocycles. The number of alkyl halides is 2. The maximum Gasteiger partial charge on any atom is 0.251 e. The Bertz CT molecular complexity index is 1260. The van der Waals surface area contributed by atoms with Crippen molar-refractivity contribution in [2.45, 2.75) is 91.8 Å². The summed E-state index contributed by atoms with van der Waals surface area (Å²) in [7, 11) is -4.00. The fraction of sp³-hybridized carbons (Fsp3) is 0.567. The van der Waals surface area contributed by atoms with Crippen LogP contribution in [0.25, 0.3) is 11.1 Å². The van der Waals surface area contributed by atoms with E-state index in [1.54, 1.807) is 24.3 Å². The number of rotatable bonds is 10. The molecule has 218 valence electrons. The molecule has 10 heteroatoms. The lowest BCUT2D eigenvalue weighted by Crippen LogP contribution is -2.57. The van der Waals surface area contributed by atoms with E-state index in [1.807, 2.05) is 24.3 Å². The molecule has 0 radical (unpaired) electrons. The molecule has 2 aromatic carbocycles. The van der Waals surface area contributed by atoms with E-state index in [0.29, 0.717) is 25.7 Å². The number of carbonyl (C=O) groups excluding carboxylic acids is 1. The largest absolute Gasteiger partial charge is 0.366 e. The van der Waals surface area contributed by atoms with Crippen molar-refractivity contribution in [3.8, 4) is 11.1 Å². The van der Waals surface area contributed by atoms with Crippen molar-refractivity contribution in [2.24, 2.45) is 0 Å². The summed E-state index contributed by atoms with van der Waals surface area (Å²) in [6.07, 6.45) is 5.70. The number of sulfone groups is 1. The van der Waals surface area contributed by atoms with Crippen LogP contribution in [0, 0.1) is 0 Å². The van der Waals surface area contributed by atoms with Gasteiger partial charge in [-0.25, -0.2) is 17.2 Å². The van der Waals surface area contributed by atoms with Crippen molar-refractivity contribution in [1.82, 2.24) is 9.62 Å². The van der Waals surface area contributed by atoms with Crippen molar-refractivity contribution in [1.29, 1.82) is 0 Å². The predicted octanol–water partition coefficient (Wildman–Crippen LogP) is 6.00. The Morgan fingerprint density at radius 3 is 2.20 bits per heavy atom. The number of amides is 1. The van der Waals surface area contributed by atoms with Gasteiger partial charge in [0.15, 0.2) is 14.6 Å². The lowest BCUT2D eigenvalue weighted by molar-refractivity contribution is -0.123. The fourth-order valence-electron chi connectivity index (χ4n) is 5.60. The van der Waals surface area contributed by atoms with E-state index in [-0.39, 0.29) is 36.0 Å². The molecule has 1 aliphatic carbocycles. The first-order valence-electron chi connectivity index (χ1n) is 14.2. The Morgan fingerprint density at radius 1 is 1.02 bits per heavy atom. The molecule has 3 fully saturated rings. The zero-order valence-corrected chi connectivity index (χ0v) is 24.5. The Kier molecular flexibility index (Phi) is 8.90. The van der Waals surface area contributed by atoms with Gasteiger partial charge in [0.2, 0.25) is 5.92 Å². The van der Waals surface area contributed by atoms with Crippen molar-refractivity contribution >= 4 is 27.7 Å². The molecular weight excluding hydrogens is 554 g/mol. The normalized spacial score (nSPS) is 22.1. The summed E-state index contributed by atoms with van der Waals surface area (Å²) >= 11 is 1.19. The average Bonchev–Trinajstić information content (AvgIpc) is 3.81. The smallest absolute Gasteiger partial charge is 0.251 e. The molecule has 0 bridgehead atoms. The first-order valence-corrected chi connectivity index (χ1v) is 16.6. The summed E-state index contributed by atoms with van der Waals surface area (Å²) in [5.74, 6) is -3.16. The predicted molar refractivity (Wildman–Crippen MR) is 154 cm³/mol. The van der Waals surface area contributed by atoms with Gasteiger partial charge in [-0.15, -0.1) is 0 Å². The molecular formula is C30H38F2N2O4S2. The van der Waals surface area contributed by atoms with Gasteiger partial charge in [0.05, 0.1) is 4.90 Å². The van der Waals surface area contributed by atoms with Crippen molar-refractivity contribution in [3.05, 3.63) is 54.1 Å². The van der Waals surface area contributed by atoms with Gasteiger partial charge in [-0.1, -0.05) is 36.4 Å². The van der Waals surface area contributed by atoms with Gasteiger partial charge in [-0.05, 0) is 99.1 Å². The number of hydrogen-bond acceptors (Lipinski definition) is 6.